The predicted octanol–water partition coefficient (Wildman–Crippen LogP) is -0.997. The molecule has 2 heterocycles. The molecule has 0 aromatic carbocycles. The number of methoxy groups -OCH3 is 1. The molecule has 0 spiro atoms. The third-order valence-electron chi connectivity index (χ3n) is 4.08. The SMILES string of the molecule is CNC(=O)OC(C(=O)O)C1=C(C(=O)OC(C)(C)C)N2C(=O)C(OC)C2S(=O)(=O)C1. The van der Waals surface area contributed by atoms with E-state index in [1.54, 1.807) is 0 Å². The van der Waals surface area contributed by atoms with Gasteiger partial charge < -0.3 is 24.6 Å². The van der Waals surface area contributed by atoms with Crippen molar-refractivity contribution in [2.45, 2.75) is 44.0 Å². The van der Waals surface area contributed by atoms with Gasteiger partial charge in [-0.2, -0.15) is 0 Å². The molecule has 2 amide bonds. The number of amides is 2. The van der Waals surface area contributed by atoms with Crippen molar-refractivity contribution < 1.29 is 46.9 Å². The molecule has 0 saturated carbocycles. The van der Waals surface area contributed by atoms with Crippen molar-refractivity contribution in [1.82, 2.24) is 10.2 Å². The van der Waals surface area contributed by atoms with Crippen LogP contribution in [0.25, 0.3) is 0 Å². The van der Waals surface area contributed by atoms with Crippen LogP contribution in [0.2, 0.25) is 0 Å². The molecule has 13 heteroatoms. The summed E-state index contributed by atoms with van der Waals surface area (Å²) in [6.07, 6.45) is -4.65. The number of alkyl carbamates (subject to hydrolysis) is 1. The zero-order valence-corrected chi connectivity index (χ0v) is 17.2. The number of carboxylic acid groups (broad SMARTS) is 1. The molecular weight excluding hydrogens is 412 g/mol. The van der Waals surface area contributed by atoms with Crippen molar-refractivity contribution in [3.63, 3.8) is 0 Å². The van der Waals surface area contributed by atoms with Crippen LogP contribution in [0, 0.1) is 0 Å². The molecule has 12 nitrogen and oxygen atoms in total. The highest BCUT2D eigenvalue weighted by molar-refractivity contribution is 7.92. The summed E-state index contributed by atoms with van der Waals surface area (Å²) in [6.45, 7) is 4.61. The molecule has 162 valence electrons. The van der Waals surface area contributed by atoms with Gasteiger partial charge in [-0.15, -0.1) is 0 Å². The Morgan fingerprint density at radius 2 is 1.86 bits per heavy atom. The molecule has 0 aromatic rings. The minimum Gasteiger partial charge on any atom is -0.478 e. The smallest absolute Gasteiger partial charge is 0.408 e. The monoisotopic (exact) mass is 434 g/mol. The Kier molecular flexibility index (Phi) is 5.95. The summed E-state index contributed by atoms with van der Waals surface area (Å²) in [5, 5.41) is 10.0. The van der Waals surface area contributed by atoms with Crippen LogP contribution >= 0.6 is 0 Å². The first-order valence-corrected chi connectivity index (χ1v) is 10.1. The van der Waals surface area contributed by atoms with Crippen LogP contribution in [0.4, 0.5) is 4.79 Å². The lowest BCUT2D eigenvalue weighted by Crippen LogP contribution is -2.71. The fourth-order valence-electron chi connectivity index (χ4n) is 2.96. The highest BCUT2D eigenvalue weighted by Crippen LogP contribution is 2.40. The van der Waals surface area contributed by atoms with Gasteiger partial charge in [0.05, 0.1) is 5.75 Å². The Morgan fingerprint density at radius 1 is 1.28 bits per heavy atom. The first-order chi connectivity index (χ1) is 13.2. The third kappa shape index (κ3) is 4.19. The van der Waals surface area contributed by atoms with E-state index in [4.69, 9.17) is 14.2 Å². The molecule has 1 fully saturated rings. The number of sulfone groups is 1. The average Bonchev–Trinajstić information content (AvgIpc) is 2.57. The van der Waals surface area contributed by atoms with Crippen LogP contribution in [0.1, 0.15) is 20.8 Å². The Morgan fingerprint density at radius 3 is 2.31 bits per heavy atom. The number of rotatable bonds is 5. The van der Waals surface area contributed by atoms with Gasteiger partial charge in [-0.3, -0.25) is 9.69 Å². The lowest BCUT2D eigenvalue weighted by Gasteiger charge is -2.48. The number of fused-ring (bicyclic) bond motifs is 1. The van der Waals surface area contributed by atoms with E-state index >= 15 is 0 Å². The number of ether oxygens (including phenoxy) is 3. The number of carbonyl (C=O) groups is 4. The van der Waals surface area contributed by atoms with Gasteiger partial charge in [-0.25, -0.2) is 22.8 Å². The van der Waals surface area contributed by atoms with Crippen LogP contribution in [-0.4, -0.2) is 85.5 Å². The van der Waals surface area contributed by atoms with E-state index in [9.17, 15) is 32.7 Å². The summed E-state index contributed by atoms with van der Waals surface area (Å²) in [5.74, 6) is -4.65. The van der Waals surface area contributed by atoms with Gasteiger partial charge in [0.15, 0.2) is 21.3 Å². The van der Waals surface area contributed by atoms with Crippen LogP contribution in [0.3, 0.4) is 0 Å². The predicted molar refractivity (Wildman–Crippen MR) is 95.1 cm³/mol. The molecule has 1 saturated heterocycles. The van der Waals surface area contributed by atoms with E-state index in [0.29, 0.717) is 4.90 Å². The van der Waals surface area contributed by atoms with Crippen LogP contribution < -0.4 is 5.32 Å². The molecule has 0 aromatic heterocycles. The third-order valence-corrected chi connectivity index (χ3v) is 5.99. The molecule has 0 bridgehead atoms. The normalized spacial score (nSPS) is 24.2. The number of nitrogens with zero attached hydrogens (tertiary/aromatic N) is 1. The molecule has 3 atom stereocenters. The van der Waals surface area contributed by atoms with Crippen molar-refractivity contribution in [3.05, 3.63) is 11.3 Å². The molecule has 0 aliphatic carbocycles. The lowest BCUT2D eigenvalue weighted by molar-refractivity contribution is -0.167. The van der Waals surface area contributed by atoms with Gasteiger partial charge in [-0.1, -0.05) is 0 Å². The van der Waals surface area contributed by atoms with Gasteiger partial charge in [0.2, 0.25) is 6.10 Å². The lowest BCUT2D eigenvalue weighted by atomic mass is 10.0. The van der Waals surface area contributed by atoms with Crippen LogP contribution in [0.15, 0.2) is 11.3 Å². The largest absolute Gasteiger partial charge is 0.478 e. The van der Waals surface area contributed by atoms with E-state index < -0.39 is 74.0 Å². The second-order valence-corrected chi connectivity index (χ2v) is 9.41. The Bertz CT molecular complexity index is 886. The standard InChI is InChI=1S/C16H22N2O10S/c1-16(2,3)28-14(22)8-7(9(13(20)21)27-15(23)17-4)6-29(24,25)12-10(26-5)11(19)18(8)12/h9-10,12H,6H2,1-5H3,(H,17,23)(H,20,21). The van der Waals surface area contributed by atoms with E-state index in [1.807, 2.05) is 5.32 Å². The molecular formula is C16H22N2O10S. The second-order valence-electron chi connectivity index (χ2n) is 7.31. The fraction of sp³-hybridized carbons (Fsp3) is 0.625. The van der Waals surface area contributed by atoms with Gasteiger partial charge in [-0.05, 0) is 20.8 Å². The number of esters is 1. The zero-order valence-electron chi connectivity index (χ0n) is 16.4. The molecule has 3 unspecified atom stereocenters. The number of hydrogen-bond donors (Lipinski definition) is 2. The van der Waals surface area contributed by atoms with Crippen LogP contribution in [0.5, 0.6) is 0 Å². The van der Waals surface area contributed by atoms with Gasteiger partial charge >= 0.3 is 18.0 Å². The number of carbonyl (C=O) groups excluding carboxylic acids is 3. The summed E-state index contributed by atoms with van der Waals surface area (Å²) in [4.78, 5) is 49.1. The van der Waals surface area contributed by atoms with E-state index in [-0.39, 0.29) is 0 Å². The Labute approximate surface area is 166 Å². The first-order valence-electron chi connectivity index (χ1n) is 8.40. The van der Waals surface area contributed by atoms with Crippen molar-refractivity contribution in [2.75, 3.05) is 19.9 Å². The van der Waals surface area contributed by atoms with Crippen molar-refractivity contribution in [3.8, 4) is 0 Å². The fourth-order valence-corrected chi connectivity index (χ4v) is 4.99. The highest BCUT2D eigenvalue weighted by atomic mass is 32.2. The molecule has 2 rings (SSSR count). The minimum atomic E-state index is -4.16. The molecule has 2 aliphatic heterocycles. The molecule has 2 aliphatic rings. The summed E-state index contributed by atoms with van der Waals surface area (Å²) in [5.41, 5.74) is -2.21. The zero-order chi connectivity index (χ0) is 22.3. The van der Waals surface area contributed by atoms with Crippen molar-refractivity contribution in [1.29, 1.82) is 0 Å². The molecule has 29 heavy (non-hydrogen) atoms. The highest BCUT2D eigenvalue weighted by Gasteiger charge is 2.62. The Hall–Kier alpha value is -2.67. The summed E-state index contributed by atoms with van der Waals surface area (Å²) >= 11 is 0. The summed E-state index contributed by atoms with van der Waals surface area (Å²) < 4.78 is 40.3. The van der Waals surface area contributed by atoms with Gasteiger partial charge in [0, 0.05) is 19.7 Å². The number of nitrogens with one attached hydrogen (secondary N) is 1. The quantitative estimate of drug-likeness (QED) is 0.405. The summed E-state index contributed by atoms with van der Waals surface area (Å²) in [6, 6.07) is 0. The van der Waals surface area contributed by atoms with Crippen molar-refractivity contribution >= 4 is 33.8 Å². The topological polar surface area (TPSA) is 166 Å². The number of carboxylic acids is 1. The minimum absolute atomic E-state index is 0.588. The Balaban J connectivity index is 2.68. The van der Waals surface area contributed by atoms with Gasteiger partial charge in [0.25, 0.3) is 5.91 Å². The second kappa shape index (κ2) is 7.63. The maximum Gasteiger partial charge on any atom is 0.408 e. The number of aliphatic carboxylic acids is 1. The number of hydrogen-bond acceptors (Lipinski definition) is 9. The summed E-state index contributed by atoms with van der Waals surface area (Å²) in [7, 11) is -1.86. The van der Waals surface area contributed by atoms with Gasteiger partial charge in [0.1, 0.15) is 11.3 Å². The average molecular weight is 434 g/mol. The maximum absolute atomic E-state index is 12.8. The maximum atomic E-state index is 12.8. The van der Waals surface area contributed by atoms with Crippen molar-refractivity contribution in [2.24, 2.45) is 0 Å². The van der Waals surface area contributed by atoms with Crippen LogP contribution in [-0.2, 0) is 38.4 Å². The van der Waals surface area contributed by atoms with E-state index in [2.05, 4.69) is 0 Å². The molecule has 2 N–H and O–H groups in total. The number of β-lactam (4-membered cyclic amide) rings is 1. The molecule has 0 radical (unpaired) electrons. The van der Waals surface area contributed by atoms with E-state index in [0.717, 1.165) is 7.11 Å². The van der Waals surface area contributed by atoms with E-state index in [1.165, 1.54) is 27.8 Å². The first kappa shape index (κ1) is 22.6.